The van der Waals surface area contributed by atoms with Crippen LogP contribution in [0.2, 0.25) is 5.02 Å². The molecule has 0 aliphatic carbocycles. The van der Waals surface area contributed by atoms with E-state index in [9.17, 15) is 13.2 Å². The fraction of sp³-hybridized carbons (Fsp3) is 0.143. The minimum atomic E-state index is -3.57. The van der Waals surface area contributed by atoms with Gasteiger partial charge in [-0.1, -0.05) is 23.7 Å². The summed E-state index contributed by atoms with van der Waals surface area (Å²) >= 11 is 5.95. The van der Waals surface area contributed by atoms with Crippen molar-refractivity contribution >= 4 is 33.0 Å². The van der Waals surface area contributed by atoms with Gasteiger partial charge >= 0.3 is 0 Å². The van der Waals surface area contributed by atoms with Crippen molar-refractivity contribution in [2.45, 2.75) is 18.7 Å². The maximum Gasteiger partial charge on any atom is 0.255 e. The van der Waals surface area contributed by atoms with E-state index in [1.165, 1.54) is 18.2 Å². The van der Waals surface area contributed by atoms with E-state index in [1.54, 1.807) is 18.3 Å². The van der Waals surface area contributed by atoms with Crippen LogP contribution in [0.4, 0.5) is 5.69 Å². The predicted octanol–water partition coefficient (Wildman–Crippen LogP) is 4.80. The predicted molar refractivity (Wildman–Crippen MR) is 113 cm³/mol. The van der Waals surface area contributed by atoms with Crippen LogP contribution >= 0.6 is 11.6 Å². The number of ether oxygens (including phenoxy) is 1. The Morgan fingerprint density at radius 2 is 1.86 bits per heavy atom. The van der Waals surface area contributed by atoms with Gasteiger partial charge in [-0.2, -0.15) is 0 Å². The summed E-state index contributed by atoms with van der Waals surface area (Å²) in [5, 5.41) is 2.77. The first-order valence-corrected chi connectivity index (χ1v) is 10.9. The van der Waals surface area contributed by atoms with E-state index in [0.29, 0.717) is 11.4 Å². The standard InChI is InChI=1S/C21H19ClN2O4S/c1-13-6-4-8-18(14(13)2)28-21-17(7-5-11-23-21)24-20(25)15-9-10-16(22)19(12-15)29(3,26)27/h4-12H,1-3H3,(H,24,25). The summed E-state index contributed by atoms with van der Waals surface area (Å²) in [5.74, 6) is 0.349. The van der Waals surface area contributed by atoms with Crippen LogP contribution in [-0.2, 0) is 9.84 Å². The van der Waals surface area contributed by atoms with Crippen LogP contribution in [-0.4, -0.2) is 25.6 Å². The number of sulfone groups is 1. The molecule has 0 radical (unpaired) electrons. The van der Waals surface area contributed by atoms with E-state index >= 15 is 0 Å². The number of rotatable bonds is 5. The molecule has 8 heteroatoms. The molecule has 0 atom stereocenters. The second-order valence-electron chi connectivity index (χ2n) is 6.53. The second kappa shape index (κ2) is 8.23. The highest BCUT2D eigenvalue weighted by Gasteiger charge is 2.17. The third-order valence-corrected chi connectivity index (χ3v) is 5.95. The minimum absolute atomic E-state index is 0.0596. The van der Waals surface area contributed by atoms with E-state index in [4.69, 9.17) is 16.3 Å². The number of benzene rings is 2. The Kier molecular flexibility index (Phi) is 5.91. The van der Waals surface area contributed by atoms with Gasteiger partial charge in [-0.15, -0.1) is 0 Å². The lowest BCUT2D eigenvalue weighted by molar-refractivity contribution is 0.102. The average Bonchev–Trinajstić information content (AvgIpc) is 2.66. The van der Waals surface area contributed by atoms with Gasteiger partial charge in [0.25, 0.3) is 5.91 Å². The smallest absolute Gasteiger partial charge is 0.255 e. The van der Waals surface area contributed by atoms with E-state index in [0.717, 1.165) is 17.4 Å². The quantitative estimate of drug-likeness (QED) is 0.628. The molecule has 0 fully saturated rings. The van der Waals surface area contributed by atoms with Crippen molar-refractivity contribution in [2.75, 3.05) is 11.6 Å². The van der Waals surface area contributed by atoms with Gasteiger partial charge in [0.15, 0.2) is 9.84 Å². The van der Waals surface area contributed by atoms with Crippen LogP contribution in [0, 0.1) is 13.8 Å². The van der Waals surface area contributed by atoms with Crippen LogP contribution in [0.15, 0.2) is 59.6 Å². The molecule has 0 saturated carbocycles. The second-order valence-corrected chi connectivity index (χ2v) is 8.92. The summed E-state index contributed by atoms with van der Waals surface area (Å²) in [5.41, 5.74) is 2.54. The number of aryl methyl sites for hydroxylation is 1. The molecular formula is C21H19ClN2O4S. The molecule has 0 unspecified atom stereocenters. The van der Waals surface area contributed by atoms with Gasteiger partial charge in [-0.3, -0.25) is 4.79 Å². The van der Waals surface area contributed by atoms with Crippen LogP contribution in [0.1, 0.15) is 21.5 Å². The van der Waals surface area contributed by atoms with E-state index in [2.05, 4.69) is 10.3 Å². The molecule has 0 aliphatic rings. The Hall–Kier alpha value is -2.90. The number of nitrogens with zero attached hydrogens (tertiary/aromatic N) is 1. The van der Waals surface area contributed by atoms with Crippen molar-refractivity contribution in [1.29, 1.82) is 0 Å². The highest BCUT2D eigenvalue weighted by atomic mass is 35.5. The zero-order valence-electron chi connectivity index (χ0n) is 16.1. The highest BCUT2D eigenvalue weighted by Crippen LogP contribution is 2.31. The monoisotopic (exact) mass is 430 g/mol. The first-order valence-electron chi connectivity index (χ1n) is 8.67. The van der Waals surface area contributed by atoms with Gasteiger partial charge in [0.1, 0.15) is 11.4 Å². The van der Waals surface area contributed by atoms with Crippen molar-refractivity contribution in [3.8, 4) is 11.6 Å². The molecule has 0 aliphatic heterocycles. The lowest BCUT2D eigenvalue weighted by atomic mass is 10.1. The zero-order chi connectivity index (χ0) is 21.2. The van der Waals surface area contributed by atoms with Gasteiger partial charge in [0.2, 0.25) is 5.88 Å². The third-order valence-electron chi connectivity index (χ3n) is 4.37. The topological polar surface area (TPSA) is 85.4 Å². The summed E-state index contributed by atoms with van der Waals surface area (Å²) in [6.07, 6.45) is 2.59. The molecule has 1 heterocycles. The molecule has 2 aromatic carbocycles. The van der Waals surface area contributed by atoms with Crippen molar-refractivity contribution in [3.63, 3.8) is 0 Å². The Bertz CT molecular complexity index is 1190. The van der Waals surface area contributed by atoms with Crippen molar-refractivity contribution < 1.29 is 17.9 Å². The number of hydrogen-bond acceptors (Lipinski definition) is 5. The van der Waals surface area contributed by atoms with E-state index < -0.39 is 15.7 Å². The zero-order valence-corrected chi connectivity index (χ0v) is 17.6. The van der Waals surface area contributed by atoms with Crippen molar-refractivity contribution in [1.82, 2.24) is 4.98 Å². The number of anilines is 1. The molecule has 1 amide bonds. The fourth-order valence-electron chi connectivity index (χ4n) is 2.63. The minimum Gasteiger partial charge on any atom is -0.437 e. The maximum atomic E-state index is 12.7. The van der Waals surface area contributed by atoms with Crippen LogP contribution in [0.3, 0.4) is 0 Å². The summed E-state index contributed by atoms with van der Waals surface area (Å²) in [6.45, 7) is 3.91. The SMILES string of the molecule is Cc1cccc(Oc2ncccc2NC(=O)c2ccc(Cl)c(S(C)(=O)=O)c2)c1C. The van der Waals surface area contributed by atoms with Gasteiger partial charge in [0.05, 0.1) is 9.92 Å². The molecule has 6 nitrogen and oxygen atoms in total. The molecule has 1 aromatic heterocycles. The summed E-state index contributed by atoms with van der Waals surface area (Å²) in [4.78, 5) is 16.8. The Morgan fingerprint density at radius 3 is 2.59 bits per heavy atom. The molecule has 0 bridgehead atoms. The molecule has 0 spiro atoms. The number of carbonyl (C=O) groups is 1. The Morgan fingerprint density at radius 1 is 1.10 bits per heavy atom. The largest absolute Gasteiger partial charge is 0.437 e. The lowest BCUT2D eigenvalue weighted by Gasteiger charge is -2.14. The van der Waals surface area contributed by atoms with Crippen LogP contribution in [0.25, 0.3) is 0 Å². The van der Waals surface area contributed by atoms with Gasteiger partial charge in [-0.25, -0.2) is 13.4 Å². The van der Waals surface area contributed by atoms with Crippen molar-refractivity contribution in [3.05, 3.63) is 76.4 Å². The van der Waals surface area contributed by atoms with Gasteiger partial charge in [-0.05, 0) is 61.4 Å². The number of pyridine rings is 1. The summed E-state index contributed by atoms with van der Waals surface area (Å²) in [7, 11) is -3.57. The molecule has 3 rings (SSSR count). The van der Waals surface area contributed by atoms with Crippen molar-refractivity contribution in [2.24, 2.45) is 0 Å². The number of amides is 1. The number of aromatic nitrogens is 1. The van der Waals surface area contributed by atoms with Gasteiger partial charge < -0.3 is 10.1 Å². The number of hydrogen-bond donors (Lipinski definition) is 1. The van der Waals surface area contributed by atoms with E-state index in [1.807, 2.05) is 32.0 Å². The van der Waals surface area contributed by atoms with Crippen LogP contribution in [0.5, 0.6) is 11.6 Å². The first-order chi connectivity index (χ1) is 13.7. The summed E-state index contributed by atoms with van der Waals surface area (Å²) in [6, 6.07) is 13.1. The maximum absolute atomic E-state index is 12.7. The lowest BCUT2D eigenvalue weighted by Crippen LogP contribution is -2.14. The first kappa shape index (κ1) is 20.8. The fourth-order valence-corrected chi connectivity index (χ4v) is 3.93. The molecule has 3 aromatic rings. The molecule has 150 valence electrons. The number of carbonyl (C=O) groups excluding carboxylic acids is 1. The normalized spacial score (nSPS) is 11.2. The van der Waals surface area contributed by atoms with E-state index in [-0.39, 0.29) is 21.4 Å². The summed E-state index contributed by atoms with van der Waals surface area (Å²) < 4.78 is 29.6. The molecule has 29 heavy (non-hydrogen) atoms. The average molecular weight is 431 g/mol. The highest BCUT2D eigenvalue weighted by molar-refractivity contribution is 7.90. The molecule has 1 N–H and O–H groups in total. The van der Waals surface area contributed by atoms with Crippen LogP contribution < -0.4 is 10.1 Å². The van der Waals surface area contributed by atoms with Gasteiger partial charge in [0, 0.05) is 18.0 Å². The Balaban J connectivity index is 1.90. The third kappa shape index (κ3) is 4.75. The molecular weight excluding hydrogens is 412 g/mol. The number of nitrogens with one attached hydrogen (secondary N) is 1. The number of halogens is 1. The molecule has 0 saturated heterocycles. The Labute approximate surface area is 174 Å².